The largest absolute Gasteiger partial charge is 0.492 e. The highest BCUT2D eigenvalue weighted by molar-refractivity contribution is 7.89. The maximum atomic E-state index is 11.6. The van der Waals surface area contributed by atoms with Gasteiger partial charge in [0.15, 0.2) is 0 Å². The molecule has 1 aromatic carbocycles. The molecule has 132 valence electrons. The van der Waals surface area contributed by atoms with E-state index in [9.17, 15) is 16.8 Å². The number of ether oxygens (including phenoxy) is 1. The van der Waals surface area contributed by atoms with E-state index < -0.39 is 20.0 Å². The molecule has 0 aliphatic heterocycles. The first-order chi connectivity index (χ1) is 10.6. The van der Waals surface area contributed by atoms with Crippen LogP contribution in [0, 0.1) is 13.8 Å². The molecule has 0 aliphatic carbocycles. The molecule has 0 aliphatic rings. The summed E-state index contributed by atoms with van der Waals surface area (Å²) in [6.45, 7) is 5.56. The number of aryl methyl sites for hydroxylation is 2. The second-order valence-corrected chi connectivity index (χ2v) is 8.80. The fraction of sp³-hybridized carbons (Fsp3) is 0.571. The van der Waals surface area contributed by atoms with Crippen LogP contribution >= 0.6 is 0 Å². The van der Waals surface area contributed by atoms with E-state index in [1.165, 1.54) is 6.07 Å². The lowest BCUT2D eigenvalue weighted by Gasteiger charge is -2.13. The predicted molar refractivity (Wildman–Crippen MR) is 89.5 cm³/mol. The van der Waals surface area contributed by atoms with Gasteiger partial charge in [-0.25, -0.2) is 26.7 Å². The summed E-state index contributed by atoms with van der Waals surface area (Å²) in [6.07, 6.45) is 1.43. The molecule has 0 fully saturated rings. The van der Waals surface area contributed by atoms with E-state index in [4.69, 9.17) is 9.88 Å². The van der Waals surface area contributed by atoms with Gasteiger partial charge >= 0.3 is 0 Å². The summed E-state index contributed by atoms with van der Waals surface area (Å²) in [5, 5.41) is 5.14. The van der Waals surface area contributed by atoms with Crippen LogP contribution in [0.25, 0.3) is 0 Å². The van der Waals surface area contributed by atoms with Crippen molar-refractivity contribution in [3.8, 4) is 5.75 Å². The van der Waals surface area contributed by atoms with Crippen molar-refractivity contribution in [3.63, 3.8) is 0 Å². The highest BCUT2D eigenvalue weighted by Crippen LogP contribution is 2.25. The zero-order chi connectivity index (χ0) is 17.7. The Hall–Kier alpha value is -1.16. The van der Waals surface area contributed by atoms with Crippen LogP contribution in [-0.2, 0) is 20.0 Å². The number of hydrogen-bond acceptors (Lipinski definition) is 5. The molecule has 0 aromatic heterocycles. The average Bonchev–Trinajstić information content (AvgIpc) is 2.43. The van der Waals surface area contributed by atoms with Gasteiger partial charge < -0.3 is 4.74 Å². The lowest BCUT2D eigenvalue weighted by molar-refractivity contribution is 0.320. The number of benzene rings is 1. The second-order valence-electron chi connectivity index (χ2n) is 5.34. The van der Waals surface area contributed by atoms with E-state index in [-0.39, 0.29) is 23.8 Å². The monoisotopic (exact) mass is 364 g/mol. The Balaban J connectivity index is 2.65. The van der Waals surface area contributed by atoms with Crippen molar-refractivity contribution in [2.75, 3.05) is 18.9 Å². The first kappa shape index (κ1) is 19.9. The summed E-state index contributed by atoms with van der Waals surface area (Å²) in [7, 11) is -7.04. The Kier molecular flexibility index (Phi) is 7.00. The third-order valence-electron chi connectivity index (χ3n) is 3.23. The molecule has 0 spiro atoms. The summed E-state index contributed by atoms with van der Waals surface area (Å²) in [5.74, 6) is 0.604. The minimum absolute atomic E-state index is 0.0580. The Morgan fingerprint density at radius 1 is 1.13 bits per heavy atom. The molecule has 0 unspecified atom stereocenters. The molecule has 23 heavy (non-hydrogen) atoms. The van der Waals surface area contributed by atoms with Gasteiger partial charge in [0.25, 0.3) is 0 Å². The minimum atomic E-state index is -3.77. The molecule has 0 heterocycles. The molecule has 1 aromatic rings. The van der Waals surface area contributed by atoms with E-state index >= 15 is 0 Å². The molecule has 0 atom stereocenters. The summed E-state index contributed by atoms with van der Waals surface area (Å²) in [4.78, 5) is 0.0580. The third-order valence-corrected chi connectivity index (χ3v) is 5.75. The molecule has 7 nitrogen and oxygen atoms in total. The quantitative estimate of drug-likeness (QED) is 0.635. The molecule has 9 heteroatoms. The maximum absolute atomic E-state index is 11.6. The van der Waals surface area contributed by atoms with E-state index in [2.05, 4.69) is 4.72 Å². The third kappa shape index (κ3) is 6.46. The van der Waals surface area contributed by atoms with Crippen LogP contribution < -0.4 is 14.6 Å². The predicted octanol–water partition coefficient (Wildman–Crippen LogP) is 1.05. The molecule has 0 radical (unpaired) electrons. The Bertz CT molecular complexity index is 743. The molecule has 0 saturated heterocycles. The van der Waals surface area contributed by atoms with Crippen molar-refractivity contribution in [2.24, 2.45) is 5.14 Å². The number of primary sulfonamides is 1. The van der Waals surface area contributed by atoms with Crippen LogP contribution in [-0.4, -0.2) is 35.7 Å². The SMILES string of the molecule is CCCCS(=O)(=O)NCCOc1cc(C)c(S(N)(=O)=O)cc1C. The summed E-state index contributed by atoms with van der Waals surface area (Å²) < 4.78 is 54.1. The van der Waals surface area contributed by atoms with Crippen LogP contribution in [0.4, 0.5) is 0 Å². The minimum Gasteiger partial charge on any atom is -0.492 e. The van der Waals surface area contributed by atoms with Gasteiger partial charge in [-0.2, -0.15) is 0 Å². The van der Waals surface area contributed by atoms with Crippen LogP contribution in [0.5, 0.6) is 5.75 Å². The van der Waals surface area contributed by atoms with Crippen molar-refractivity contribution in [1.82, 2.24) is 4.72 Å². The molecule has 0 amide bonds. The van der Waals surface area contributed by atoms with Gasteiger partial charge in [-0.15, -0.1) is 0 Å². The first-order valence-electron chi connectivity index (χ1n) is 7.31. The van der Waals surface area contributed by atoms with Crippen molar-refractivity contribution < 1.29 is 21.6 Å². The van der Waals surface area contributed by atoms with E-state index in [1.54, 1.807) is 19.9 Å². The Labute approximate surface area is 138 Å². The fourth-order valence-electron chi connectivity index (χ4n) is 1.99. The lowest BCUT2D eigenvalue weighted by Crippen LogP contribution is -2.30. The number of hydrogen-bond donors (Lipinski definition) is 2. The lowest BCUT2D eigenvalue weighted by atomic mass is 10.1. The van der Waals surface area contributed by atoms with Crippen LogP contribution in [0.15, 0.2) is 17.0 Å². The molecular weight excluding hydrogens is 340 g/mol. The maximum Gasteiger partial charge on any atom is 0.238 e. The number of sulfonamides is 2. The highest BCUT2D eigenvalue weighted by Gasteiger charge is 2.14. The van der Waals surface area contributed by atoms with Gasteiger partial charge in [0, 0.05) is 6.54 Å². The van der Waals surface area contributed by atoms with Crippen molar-refractivity contribution >= 4 is 20.0 Å². The molecule has 1 rings (SSSR count). The zero-order valence-electron chi connectivity index (χ0n) is 13.6. The van der Waals surface area contributed by atoms with E-state index in [1.807, 2.05) is 6.92 Å². The Morgan fingerprint density at radius 3 is 2.35 bits per heavy atom. The topological polar surface area (TPSA) is 116 Å². The summed E-state index contributed by atoms with van der Waals surface area (Å²) in [6, 6.07) is 3.03. The second kappa shape index (κ2) is 8.09. The molecule has 0 bridgehead atoms. The highest BCUT2D eigenvalue weighted by atomic mass is 32.2. The Morgan fingerprint density at radius 2 is 1.78 bits per heavy atom. The van der Waals surface area contributed by atoms with Crippen LogP contribution in [0.1, 0.15) is 30.9 Å². The van der Waals surface area contributed by atoms with E-state index in [0.717, 1.165) is 6.42 Å². The normalized spacial score (nSPS) is 12.3. The summed E-state index contributed by atoms with van der Waals surface area (Å²) >= 11 is 0. The zero-order valence-corrected chi connectivity index (χ0v) is 15.3. The van der Waals surface area contributed by atoms with Crippen molar-refractivity contribution in [2.45, 2.75) is 38.5 Å². The van der Waals surface area contributed by atoms with Crippen molar-refractivity contribution in [1.29, 1.82) is 0 Å². The van der Waals surface area contributed by atoms with Crippen LogP contribution in [0.2, 0.25) is 0 Å². The number of nitrogens with one attached hydrogen (secondary N) is 1. The number of rotatable bonds is 9. The smallest absolute Gasteiger partial charge is 0.238 e. The average molecular weight is 364 g/mol. The van der Waals surface area contributed by atoms with Gasteiger partial charge in [0.1, 0.15) is 12.4 Å². The standard InChI is InChI=1S/C14H24N2O5S2/c1-4-5-8-22(17,18)16-6-7-21-13-9-12(3)14(10-11(13)2)23(15,19)20/h9-10,16H,4-8H2,1-3H3,(H2,15,19,20). The van der Waals surface area contributed by atoms with Gasteiger partial charge in [-0.1, -0.05) is 13.3 Å². The van der Waals surface area contributed by atoms with E-state index in [0.29, 0.717) is 23.3 Å². The molecule has 3 N–H and O–H groups in total. The number of unbranched alkanes of at least 4 members (excludes halogenated alkanes) is 1. The first-order valence-corrected chi connectivity index (χ1v) is 10.5. The van der Waals surface area contributed by atoms with Gasteiger partial charge in [0.05, 0.1) is 10.6 Å². The number of nitrogens with two attached hydrogens (primary N) is 1. The van der Waals surface area contributed by atoms with Crippen LogP contribution in [0.3, 0.4) is 0 Å². The van der Waals surface area contributed by atoms with Gasteiger partial charge in [-0.3, -0.25) is 0 Å². The van der Waals surface area contributed by atoms with Crippen molar-refractivity contribution in [3.05, 3.63) is 23.3 Å². The van der Waals surface area contributed by atoms with Gasteiger partial charge in [-0.05, 0) is 43.5 Å². The summed E-state index contributed by atoms with van der Waals surface area (Å²) in [5.41, 5.74) is 1.10. The fourth-order valence-corrected chi connectivity index (χ4v) is 4.05. The van der Waals surface area contributed by atoms with Gasteiger partial charge in [0.2, 0.25) is 20.0 Å². The molecule has 0 saturated carbocycles. The molecular formula is C14H24N2O5S2.